The fourth-order valence-electron chi connectivity index (χ4n) is 10.5. The van der Waals surface area contributed by atoms with Crippen LogP contribution >= 0.6 is 0 Å². The van der Waals surface area contributed by atoms with E-state index in [1.165, 1.54) is 47.1 Å². The molecule has 0 aliphatic heterocycles. The van der Waals surface area contributed by atoms with Crippen LogP contribution in [0, 0.1) is 23.7 Å². The number of carbonyl (C=O) groups is 11. The third-order valence-electron chi connectivity index (χ3n) is 15.7. The van der Waals surface area contributed by atoms with Gasteiger partial charge in [0, 0.05) is 97.2 Å². The number of carbonyl (C=O) groups excluding carboxylic acids is 11. The van der Waals surface area contributed by atoms with Crippen LogP contribution in [0.4, 0.5) is 4.79 Å². The van der Waals surface area contributed by atoms with Crippen molar-refractivity contribution in [2.75, 3.05) is 67.1 Å². The molecule has 0 saturated carbocycles. The molecule has 0 unspecified atom stereocenters. The number of aliphatic imine (C=N–C) groups is 3. The van der Waals surface area contributed by atoms with E-state index < -0.39 is 126 Å². The van der Waals surface area contributed by atoms with Gasteiger partial charge in [-0.2, -0.15) is 0 Å². The van der Waals surface area contributed by atoms with Crippen LogP contribution in [0.1, 0.15) is 123 Å². The molecule has 0 heterocycles. The van der Waals surface area contributed by atoms with Gasteiger partial charge in [0.2, 0.25) is 23.6 Å². The summed E-state index contributed by atoms with van der Waals surface area (Å²) in [6.45, 7) is 15.0. The maximum absolute atomic E-state index is 15.1. The number of nitrogens with one attached hydrogen (secondary N) is 8. The van der Waals surface area contributed by atoms with E-state index in [2.05, 4.69) is 70.7 Å². The maximum atomic E-state index is 15.1. The number of amides is 5. The predicted molar refractivity (Wildman–Crippen MR) is 380 cm³/mol. The highest BCUT2D eigenvalue weighted by Crippen LogP contribution is 2.25. The second-order valence-electron chi connectivity index (χ2n) is 25.0. The number of nitrogens with zero attached hydrogens (tertiary/aromatic N) is 3. The van der Waals surface area contributed by atoms with Gasteiger partial charge >= 0.3 is 12.1 Å². The first kappa shape index (κ1) is 83.2. The first-order valence-corrected chi connectivity index (χ1v) is 33.3. The molecule has 5 amide bonds. The zero-order valence-corrected chi connectivity index (χ0v) is 58.6. The fraction of sp³-hybridized carbons (Fsp3) is 0.521. The lowest BCUT2D eigenvalue weighted by atomic mass is 9.88. The van der Waals surface area contributed by atoms with Crippen LogP contribution in [0.3, 0.4) is 0 Å². The molecule has 3 rings (SSSR count). The van der Waals surface area contributed by atoms with Gasteiger partial charge in [-0.05, 0) is 126 Å². The summed E-state index contributed by atoms with van der Waals surface area (Å²) < 4.78 is 16.2. The summed E-state index contributed by atoms with van der Waals surface area (Å²) in [5.41, 5.74) is 18.4. The van der Waals surface area contributed by atoms with Crippen LogP contribution in [0.2, 0.25) is 0 Å². The molecule has 3 aromatic carbocycles. The topological polar surface area (TPSA) is 427 Å². The zero-order valence-electron chi connectivity index (χ0n) is 58.6. The van der Waals surface area contributed by atoms with Crippen molar-refractivity contribution in [3.05, 3.63) is 103 Å². The fourth-order valence-corrected chi connectivity index (χ4v) is 10.5. The van der Waals surface area contributed by atoms with E-state index in [9.17, 15) is 38.4 Å². The molecule has 0 aliphatic carbocycles. The predicted octanol–water partition coefficient (Wildman–Crippen LogP) is 3.65. The van der Waals surface area contributed by atoms with Gasteiger partial charge in [-0.15, -0.1) is 0 Å². The molecule has 0 saturated heterocycles. The molecule has 28 nitrogen and oxygen atoms in total. The van der Waals surface area contributed by atoms with Crippen molar-refractivity contribution in [3.8, 4) is 5.75 Å². The number of ketones is 5. The third-order valence-corrected chi connectivity index (χ3v) is 15.7. The monoisotopic (exact) mass is 1380 g/mol. The van der Waals surface area contributed by atoms with Crippen molar-refractivity contribution < 1.29 is 67.0 Å². The highest BCUT2D eigenvalue weighted by Gasteiger charge is 2.35. The Labute approximate surface area is 580 Å². The van der Waals surface area contributed by atoms with E-state index in [0.717, 1.165) is 10.8 Å². The molecule has 0 fully saturated rings. The molecule has 28 heteroatoms. The Bertz CT molecular complexity index is 3310. The van der Waals surface area contributed by atoms with E-state index in [1.54, 1.807) is 24.3 Å². The molecule has 0 aliphatic rings. The van der Waals surface area contributed by atoms with E-state index in [4.69, 9.17) is 31.4 Å². The second kappa shape index (κ2) is 44.7. The molecular formula is C71H104N14O14. The Morgan fingerprint density at radius 1 is 0.525 bits per heavy atom. The van der Waals surface area contributed by atoms with Crippen LogP contribution in [-0.2, 0) is 70.3 Å². The summed E-state index contributed by atoms with van der Waals surface area (Å²) in [6.07, 6.45) is 0.787. The van der Waals surface area contributed by atoms with E-state index in [1.807, 2.05) is 63.2 Å². The van der Waals surface area contributed by atoms with Crippen LogP contribution in [0.25, 0.3) is 10.8 Å². The number of fused-ring (bicyclic) bond motifs is 1. The molecule has 0 aromatic heterocycles. The van der Waals surface area contributed by atoms with E-state index >= 15 is 14.4 Å². The van der Waals surface area contributed by atoms with Gasteiger partial charge in [-0.3, -0.25) is 58.1 Å². The molecule has 3 aromatic rings. The Balaban J connectivity index is 2.09. The number of ether oxygens (including phenoxy) is 3. The Hall–Kier alpha value is -10.0. The Kier molecular flexibility index (Phi) is 37.6. The molecule has 0 spiro atoms. The summed E-state index contributed by atoms with van der Waals surface area (Å²) in [5, 5.41) is 24.2. The number of benzene rings is 3. The van der Waals surface area contributed by atoms with Gasteiger partial charge in [-0.25, -0.2) is 4.79 Å². The minimum atomic E-state index is -1.31. The van der Waals surface area contributed by atoms with E-state index in [0.29, 0.717) is 29.8 Å². The van der Waals surface area contributed by atoms with Gasteiger partial charge in [0.1, 0.15) is 30.3 Å². The second-order valence-corrected chi connectivity index (χ2v) is 25.0. The number of guanidine groups is 3. The van der Waals surface area contributed by atoms with Crippen molar-refractivity contribution in [2.45, 2.75) is 148 Å². The minimum Gasteiger partial charge on any atom is -0.488 e. The van der Waals surface area contributed by atoms with E-state index in [-0.39, 0.29) is 127 Å². The summed E-state index contributed by atoms with van der Waals surface area (Å²) in [5.74, 6) is -9.64. The summed E-state index contributed by atoms with van der Waals surface area (Å²) in [6, 6.07) is 16.5. The summed E-state index contributed by atoms with van der Waals surface area (Å²) in [4.78, 5) is 164. The van der Waals surface area contributed by atoms with Crippen molar-refractivity contribution in [2.24, 2.45) is 55.8 Å². The van der Waals surface area contributed by atoms with Gasteiger partial charge in [0.15, 0.2) is 41.0 Å². The van der Waals surface area contributed by atoms with Gasteiger partial charge < -0.3 is 78.7 Å². The minimum absolute atomic E-state index is 0.00231. The Morgan fingerprint density at radius 2 is 1.03 bits per heavy atom. The van der Waals surface area contributed by atoms with Gasteiger partial charge in [0.25, 0.3) is 0 Å². The van der Waals surface area contributed by atoms with Gasteiger partial charge in [-0.1, -0.05) is 79.9 Å². The molecule has 14 N–H and O–H groups in total. The van der Waals surface area contributed by atoms with Crippen LogP contribution in [0.5, 0.6) is 5.75 Å². The lowest BCUT2D eigenvalue weighted by Crippen LogP contribution is -2.49. The lowest BCUT2D eigenvalue weighted by Gasteiger charge is -2.26. The number of rotatable bonds is 46. The Morgan fingerprint density at radius 3 is 1.60 bits per heavy atom. The molecule has 7 atom stereocenters. The number of hydrogen-bond acceptors (Lipinski definition) is 17. The number of hydrogen-bond donors (Lipinski definition) is 11. The average Bonchev–Trinajstić information content (AvgIpc) is 0.850. The number of esters is 1. The normalized spacial score (nSPS) is 13.8. The third kappa shape index (κ3) is 33.7. The number of nitrogens with two attached hydrogens (primary N) is 3. The number of Topliss-reactive ketones (excluding diaryl/α,β-unsaturated/α-hetero) is 5. The SMILES string of the molecule is C=CCOC(=O)CC[C@H](CC(=O)CNC(=O)[C@@H](CC(=O)[C@@H](CCCNC(N)=NC)NC(=O)[C@H](CCCNC(N)=NC)CC(=O)[C@H](Cc1ccc(OC(C)(C)C)cc1)NC(=O)[C@H](CNC(=O)OCC=C)CC(C)=O)Cc1ccc2ccccc2c1)C(=O)N[C@@H](CCCNC(N)=NC)C(C)=O. The highest BCUT2D eigenvalue weighted by molar-refractivity contribution is 5.98. The first-order chi connectivity index (χ1) is 47.1. The van der Waals surface area contributed by atoms with Crippen LogP contribution in [0.15, 0.2) is 107 Å². The molecule has 0 radical (unpaired) electrons. The first-order valence-electron chi connectivity index (χ1n) is 33.3. The van der Waals surface area contributed by atoms with Gasteiger partial charge in [0.05, 0.1) is 30.6 Å². The van der Waals surface area contributed by atoms with Crippen LogP contribution in [-0.4, -0.2) is 173 Å². The lowest BCUT2D eigenvalue weighted by molar-refractivity contribution is -0.143. The van der Waals surface area contributed by atoms with Crippen LogP contribution < -0.4 is 64.5 Å². The summed E-state index contributed by atoms with van der Waals surface area (Å²) >= 11 is 0. The molecule has 542 valence electrons. The summed E-state index contributed by atoms with van der Waals surface area (Å²) in [7, 11) is 4.48. The van der Waals surface area contributed by atoms with Crippen molar-refractivity contribution in [3.63, 3.8) is 0 Å². The van der Waals surface area contributed by atoms with Crippen molar-refractivity contribution in [1.82, 2.24) is 42.5 Å². The molecule has 0 bridgehead atoms. The standard InChI is InChI=1S/C71H104N14O14/c1-11-34-97-62(91)30-27-52(65(94)83-57(46(4)87)21-16-32-79-68(73)76-9)40-55(88)44-81-63(92)53(38-48-23-26-49-18-13-14-19-50(49)37-48)42-60(89)58(22-17-33-80-69(74)77-10)84-64(93)51(20-15-31-78-67(72)75-8)41-61(90)59(39-47-24-28-56(29-25-47)99-71(5,6)7)85-66(95)54(36-45(3)86)43-82-70(96)98-35-12-2/h11-14,18-19,23-26,28-29,37,51-54,57-59H,1-2,15-17,20-22,27,30-36,38-44H2,3-10H3,(H,81,92)(H,82,96)(H,83,94)(H,84,93)(H,85,95)(H3,72,75,78)(H3,73,76,79)(H3,74,77,80)/t51-,52-,53-,54+,57+,58-,59+/m1/s1. The maximum Gasteiger partial charge on any atom is 0.407 e. The van der Waals surface area contributed by atoms with Crippen molar-refractivity contribution >= 4 is 93.3 Å². The smallest absolute Gasteiger partial charge is 0.407 e. The largest absolute Gasteiger partial charge is 0.488 e. The molecular weight excluding hydrogens is 1270 g/mol. The highest BCUT2D eigenvalue weighted by atomic mass is 16.5. The zero-order chi connectivity index (χ0) is 73.5. The van der Waals surface area contributed by atoms with Crippen molar-refractivity contribution in [1.29, 1.82) is 0 Å². The number of alkyl carbamates (subject to hydrolysis) is 1. The molecule has 99 heavy (non-hydrogen) atoms. The quantitative estimate of drug-likeness (QED) is 0.0126. The average molecular weight is 1380 g/mol.